The molecule has 0 radical (unpaired) electrons. The van der Waals surface area contributed by atoms with Gasteiger partial charge in [0.1, 0.15) is 10.5 Å². The SMILES string of the molecule is CCN(CC)CCCNC(=O)c1cc2c(=O)n3ccccc3nc2s1.[Cl-]. The third-order valence-corrected chi connectivity index (χ3v) is 5.30. The van der Waals surface area contributed by atoms with E-state index in [1.54, 1.807) is 24.4 Å². The van der Waals surface area contributed by atoms with Crippen molar-refractivity contribution in [2.75, 3.05) is 26.2 Å². The molecule has 140 valence electrons. The lowest BCUT2D eigenvalue weighted by Crippen LogP contribution is -3.00. The van der Waals surface area contributed by atoms with Crippen LogP contribution in [0.4, 0.5) is 0 Å². The van der Waals surface area contributed by atoms with Crippen molar-refractivity contribution < 1.29 is 17.2 Å². The number of carbonyl (C=O) groups is 1. The van der Waals surface area contributed by atoms with Crippen molar-refractivity contribution in [1.82, 2.24) is 19.6 Å². The van der Waals surface area contributed by atoms with E-state index in [1.165, 1.54) is 15.7 Å². The Kier molecular flexibility index (Phi) is 7.14. The van der Waals surface area contributed by atoms with Crippen LogP contribution in [-0.4, -0.2) is 46.4 Å². The van der Waals surface area contributed by atoms with Gasteiger partial charge in [-0.15, -0.1) is 11.3 Å². The second-order valence-corrected chi connectivity index (χ2v) is 6.84. The van der Waals surface area contributed by atoms with Crippen molar-refractivity contribution in [2.45, 2.75) is 20.3 Å². The van der Waals surface area contributed by atoms with E-state index >= 15 is 0 Å². The molecule has 8 heteroatoms. The fraction of sp³-hybridized carbons (Fsp3) is 0.389. The van der Waals surface area contributed by atoms with E-state index in [0.29, 0.717) is 27.3 Å². The molecule has 0 aromatic carbocycles. The highest BCUT2D eigenvalue weighted by atomic mass is 35.5. The summed E-state index contributed by atoms with van der Waals surface area (Å²) >= 11 is 1.26. The first-order chi connectivity index (χ1) is 12.1. The van der Waals surface area contributed by atoms with Gasteiger partial charge in [-0.1, -0.05) is 19.9 Å². The molecule has 1 N–H and O–H groups in total. The predicted octanol–water partition coefficient (Wildman–Crippen LogP) is -0.625. The number of amides is 1. The van der Waals surface area contributed by atoms with Crippen LogP contribution >= 0.6 is 11.3 Å². The number of pyridine rings is 1. The van der Waals surface area contributed by atoms with Crippen LogP contribution in [-0.2, 0) is 0 Å². The van der Waals surface area contributed by atoms with Crippen LogP contribution in [0, 0.1) is 0 Å². The fourth-order valence-corrected chi connectivity index (χ4v) is 3.74. The molecule has 0 aliphatic rings. The lowest BCUT2D eigenvalue weighted by atomic mass is 10.3. The minimum absolute atomic E-state index is 0. The Morgan fingerprint density at radius 1 is 1.31 bits per heavy atom. The zero-order chi connectivity index (χ0) is 17.8. The minimum Gasteiger partial charge on any atom is -1.00 e. The molecule has 0 aliphatic heterocycles. The van der Waals surface area contributed by atoms with E-state index in [-0.39, 0.29) is 23.9 Å². The molecule has 0 saturated heterocycles. The summed E-state index contributed by atoms with van der Waals surface area (Å²) in [5.74, 6) is -0.143. The van der Waals surface area contributed by atoms with Crippen molar-refractivity contribution in [1.29, 1.82) is 0 Å². The number of hydrogen-bond acceptors (Lipinski definition) is 5. The molecule has 0 unspecified atom stereocenters. The highest BCUT2D eigenvalue weighted by Crippen LogP contribution is 2.21. The summed E-state index contributed by atoms with van der Waals surface area (Å²) in [5, 5.41) is 3.42. The second kappa shape index (κ2) is 9.12. The minimum atomic E-state index is -0.143. The predicted molar refractivity (Wildman–Crippen MR) is 102 cm³/mol. The maximum atomic E-state index is 12.5. The van der Waals surface area contributed by atoms with Gasteiger partial charge in [-0.25, -0.2) is 4.98 Å². The number of nitrogens with one attached hydrogen (secondary N) is 1. The quantitative estimate of drug-likeness (QED) is 0.543. The second-order valence-electron chi connectivity index (χ2n) is 5.81. The fourth-order valence-electron chi connectivity index (χ4n) is 2.79. The van der Waals surface area contributed by atoms with E-state index in [1.807, 2.05) is 6.07 Å². The van der Waals surface area contributed by atoms with Crippen LogP contribution < -0.4 is 23.3 Å². The van der Waals surface area contributed by atoms with E-state index in [2.05, 4.69) is 29.0 Å². The molecule has 1 amide bonds. The van der Waals surface area contributed by atoms with Crippen LogP contribution in [0.3, 0.4) is 0 Å². The Balaban J connectivity index is 0.00000243. The molecule has 3 aromatic rings. The normalized spacial score (nSPS) is 11.0. The highest BCUT2D eigenvalue weighted by molar-refractivity contribution is 7.20. The van der Waals surface area contributed by atoms with E-state index < -0.39 is 0 Å². The maximum absolute atomic E-state index is 12.5. The topological polar surface area (TPSA) is 66.7 Å². The first-order valence-electron chi connectivity index (χ1n) is 8.55. The lowest BCUT2D eigenvalue weighted by Gasteiger charge is -2.17. The van der Waals surface area contributed by atoms with Gasteiger partial charge in [-0.2, -0.15) is 0 Å². The van der Waals surface area contributed by atoms with Crippen molar-refractivity contribution in [3.05, 3.63) is 45.7 Å². The van der Waals surface area contributed by atoms with Crippen molar-refractivity contribution in [3.8, 4) is 0 Å². The maximum Gasteiger partial charge on any atom is 0.266 e. The van der Waals surface area contributed by atoms with Gasteiger partial charge >= 0.3 is 0 Å². The number of nitrogens with zero attached hydrogens (tertiary/aromatic N) is 3. The van der Waals surface area contributed by atoms with Gasteiger partial charge in [0, 0.05) is 12.7 Å². The standard InChI is InChI=1S/C18H22N4O2S.ClH/c1-3-21(4-2)10-7-9-19-16(23)14-12-13-17(25-14)20-15-8-5-6-11-22(15)18(13)24;/h5-6,8,11-12H,3-4,7,9-10H2,1-2H3,(H,19,23);1H/p-1. The average Bonchev–Trinajstić information content (AvgIpc) is 3.06. The highest BCUT2D eigenvalue weighted by Gasteiger charge is 2.14. The van der Waals surface area contributed by atoms with E-state index in [4.69, 9.17) is 0 Å². The molecule has 0 atom stereocenters. The number of fused-ring (bicyclic) bond motifs is 2. The summed E-state index contributed by atoms with van der Waals surface area (Å²) in [6.45, 7) is 7.89. The van der Waals surface area contributed by atoms with E-state index in [0.717, 1.165) is 26.1 Å². The Labute approximate surface area is 162 Å². The van der Waals surface area contributed by atoms with Gasteiger partial charge in [-0.3, -0.25) is 14.0 Å². The Morgan fingerprint density at radius 3 is 2.81 bits per heavy atom. The third kappa shape index (κ3) is 4.23. The molecular formula is C18H22ClN4O2S-. The van der Waals surface area contributed by atoms with Crippen LogP contribution in [0.25, 0.3) is 15.9 Å². The Hall–Kier alpha value is -1.96. The average molecular weight is 394 g/mol. The summed E-state index contributed by atoms with van der Waals surface area (Å²) in [5.41, 5.74) is 0.450. The van der Waals surface area contributed by atoms with Crippen molar-refractivity contribution in [3.63, 3.8) is 0 Å². The molecule has 0 spiro atoms. The summed E-state index contributed by atoms with van der Waals surface area (Å²) in [6, 6.07) is 7.06. The molecule has 0 fully saturated rings. The molecular weight excluding hydrogens is 372 g/mol. The summed E-state index contributed by atoms with van der Waals surface area (Å²) in [4.78, 5) is 32.8. The van der Waals surface area contributed by atoms with Gasteiger partial charge in [0.25, 0.3) is 11.5 Å². The molecule has 0 bridgehead atoms. The van der Waals surface area contributed by atoms with Gasteiger partial charge in [0.15, 0.2) is 0 Å². The monoisotopic (exact) mass is 393 g/mol. The molecule has 3 aromatic heterocycles. The smallest absolute Gasteiger partial charge is 0.266 e. The number of aromatic nitrogens is 2. The van der Waals surface area contributed by atoms with Crippen molar-refractivity contribution >= 4 is 33.1 Å². The van der Waals surface area contributed by atoms with Gasteiger partial charge in [-0.05, 0) is 44.3 Å². The molecule has 0 saturated carbocycles. The number of halogens is 1. The van der Waals surface area contributed by atoms with Gasteiger partial charge < -0.3 is 22.6 Å². The van der Waals surface area contributed by atoms with Crippen LogP contribution in [0.2, 0.25) is 0 Å². The van der Waals surface area contributed by atoms with Crippen LogP contribution in [0.5, 0.6) is 0 Å². The van der Waals surface area contributed by atoms with Gasteiger partial charge in [0.2, 0.25) is 0 Å². The first kappa shape index (κ1) is 20.4. The zero-order valence-corrected chi connectivity index (χ0v) is 16.4. The molecule has 0 aliphatic carbocycles. The molecule has 26 heavy (non-hydrogen) atoms. The Bertz CT molecular complexity index is 949. The number of thiophene rings is 1. The molecule has 3 rings (SSSR count). The number of rotatable bonds is 7. The number of hydrogen-bond donors (Lipinski definition) is 1. The van der Waals surface area contributed by atoms with Crippen LogP contribution in [0.1, 0.15) is 29.9 Å². The number of carbonyl (C=O) groups excluding carboxylic acids is 1. The molecule has 3 heterocycles. The van der Waals surface area contributed by atoms with Crippen LogP contribution in [0.15, 0.2) is 35.3 Å². The summed E-state index contributed by atoms with van der Waals surface area (Å²) in [7, 11) is 0. The van der Waals surface area contributed by atoms with E-state index in [9.17, 15) is 9.59 Å². The first-order valence-corrected chi connectivity index (χ1v) is 9.37. The largest absolute Gasteiger partial charge is 1.00 e. The lowest BCUT2D eigenvalue weighted by molar-refractivity contribution is -0.0000137. The summed E-state index contributed by atoms with van der Waals surface area (Å²) < 4.78 is 1.50. The van der Waals surface area contributed by atoms with Gasteiger partial charge in [0.05, 0.1) is 10.3 Å². The third-order valence-electron chi connectivity index (χ3n) is 4.27. The van der Waals surface area contributed by atoms with Crippen molar-refractivity contribution in [2.24, 2.45) is 0 Å². The molecule has 6 nitrogen and oxygen atoms in total. The summed E-state index contributed by atoms with van der Waals surface area (Å²) in [6.07, 6.45) is 2.60. The Morgan fingerprint density at radius 2 is 2.08 bits per heavy atom. The zero-order valence-electron chi connectivity index (χ0n) is 14.9.